The van der Waals surface area contributed by atoms with Gasteiger partial charge in [-0.05, 0) is 32.0 Å². The molecule has 0 saturated carbocycles. The van der Waals surface area contributed by atoms with E-state index in [0.29, 0.717) is 30.3 Å². The molecule has 0 aliphatic heterocycles. The Balaban J connectivity index is 1.41. The summed E-state index contributed by atoms with van der Waals surface area (Å²) >= 11 is 0. The Hall–Kier alpha value is -3.75. The van der Waals surface area contributed by atoms with Crippen molar-refractivity contribution in [1.29, 1.82) is 0 Å². The van der Waals surface area contributed by atoms with Crippen LogP contribution in [0.2, 0.25) is 0 Å². The first-order chi connectivity index (χ1) is 14.0. The molecule has 150 valence electrons. The monoisotopic (exact) mass is 393 g/mol. The Bertz CT molecular complexity index is 986. The molecule has 0 bridgehead atoms. The first-order valence-electron chi connectivity index (χ1n) is 9.22. The molecule has 3 aromatic rings. The minimum absolute atomic E-state index is 0.0801. The minimum Gasteiger partial charge on any atom is -0.368 e. The highest BCUT2D eigenvalue weighted by atomic mass is 16.2. The molecule has 0 aliphatic carbocycles. The van der Waals surface area contributed by atoms with Crippen molar-refractivity contribution in [2.24, 2.45) is 0 Å². The maximum absolute atomic E-state index is 11.9. The van der Waals surface area contributed by atoms with Crippen molar-refractivity contribution in [2.45, 2.75) is 13.8 Å². The van der Waals surface area contributed by atoms with E-state index in [1.165, 1.54) is 6.33 Å². The summed E-state index contributed by atoms with van der Waals surface area (Å²) in [6.45, 7) is 4.67. The highest BCUT2D eigenvalue weighted by Crippen LogP contribution is 2.11. The maximum atomic E-state index is 11.9. The molecule has 0 aliphatic rings. The van der Waals surface area contributed by atoms with Crippen LogP contribution < -0.4 is 16.0 Å². The fourth-order valence-electron chi connectivity index (χ4n) is 2.73. The van der Waals surface area contributed by atoms with E-state index in [1.54, 1.807) is 35.0 Å². The van der Waals surface area contributed by atoms with Crippen molar-refractivity contribution in [2.75, 3.05) is 25.0 Å². The molecule has 0 unspecified atom stereocenters. The van der Waals surface area contributed by atoms with Gasteiger partial charge in [-0.3, -0.25) is 9.59 Å². The van der Waals surface area contributed by atoms with E-state index in [0.717, 1.165) is 11.4 Å². The van der Waals surface area contributed by atoms with Crippen molar-refractivity contribution in [3.8, 4) is 5.82 Å². The summed E-state index contributed by atoms with van der Waals surface area (Å²) in [4.78, 5) is 32.2. The lowest BCUT2D eigenvalue weighted by Crippen LogP contribution is -2.38. The normalized spacial score (nSPS) is 10.4. The first kappa shape index (κ1) is 20.0. The fraction of sp³-hybridized carbons (Fsp3) is 0.250. The molecule has 2 amide bonds. The van der Waals surface area contributed by atoms with E-state index in [-0.39, 0.29) is 18.4 Å². The Morgan fingerprint density at radius 3 is 2.52 bits per heavy atom. The van der Waals surface area contributed by atoms with Crippen molar-refractivity contribution >= 4 is 17.6 Å². The molecule has 0 atom stereocenters. The van der Waals surface area contributed by atoms with Gasteiger partial charge in [0.15, 0.2) is 5.82 Å². The number of benzene rings is 1. The molecule has 3 N–H and O–H groups in total. The Labute approximate surface area is 168 Å². The lowest BCUT2D eigenvalue weighted by Gasteiger charge is -2.09. The number of carbonyl (C=O) groups is 2. The topological polar surface area (TPSA) is 114 Å². The van der Waals surface area contributed by atoms with Crippen LogP contribution in [0.25, 0.3) is 5.82 Å². The number of aromatic nitrogens is 4. The van der Waals surface area contributed by atoms with E-state index in [2.05, 4.69) is 31.0 Å². The van der Waals surface area contributed by atoms with Gasteiger partial charge >= 0.3 is 0 Å². The number of anilines is 1. The van der Waals surface area contributed by atoms with Crippen molar-refractivity contribution in [3.63, 3.8) is 0 Å². The SMILES string of the molecule is Cc1cc(C)n(-c2cc(NCCNC(=O)CNC(=O)c3ccccc3)ncn2)n1. The standard InChI is InChI=1S/C20H23N7O2/c1-14-10-15(2)27(26-14)18-11-17(24-13-25-18)21-8-9-22-19(28)12-23-20(29)16-6-4-3-5-7-16/h3-7,10-11,13H,8-9,12H2,1-2H3,(H,22,28)(H,23,29)(H,21,24,25). The quantitative estimate of drug-likeness (QED) is 0.496. The average Bonchev–Trinajstić information content (AvgIpc) is 3.08. The molecule has 0 radical (unpaired) electrons. The third-order valence-corrected chi connectivity index (χ3v) is 4.08. The number of nitrogens with one attached hydrogen (secondary N) is 3. The van der Waals surface area contributed by atoms with Gasteiger partial charge in [0.1, 0.15) is 12.1 Å². The van der Waals surface area contributed by atoms with Crippen LogP contribution in [-0.4, -0.2) is 51.2 Å². The first-order valence-corrected chi connectivity index (χ1v) is 9.22. The van der Waals surface area contributed by atoms with Crippen LogP contribution >= 0.6 is 0 Å². The Morgan fingerprint density at radius 1 is 1.00 bits per heavy atom. The number of hydrogen-bond donors (Lipinski definition) is 3. The second-order valence-corrected chi connectivity index (χ2v) is 6.43. The van der Waals surface area contributed by atoms with E-state index in [4.69, 9.17) is 0 Å². The van der Waals surface area contributed by atoms with Crippen LogP contribution in [0.15, 0.2) is 48.8 Å². The summed E-state index contributed by atoms with van der Waals surface area (Å²) in [6, 6.07) is 12.5. The molecular formula is C20H23N7O2. The van der Waals surface area contributed by atoms with Crippen LogP contribution in [-0.2, 0) is 4.79 Å². The third-order valence-electron chi connectivity index (χ3n) is 4.08. The summed E-state index contributed by atoms with van der Waals surface area (Å²) < 4.78 is 1.75. The summed E-state index contributed by atoms with van der Waals surface area (Å²) in [6.07, 6.45) is 1.46. The molecule has 0 fully saturated rings. The second kappa shape index (κ2) is 9.45. The zero-order chi connectivity index (χ0) is 20.6. The van der Waals surface area contributed by atoms with Gasteiger partial charge in [0.25, 0.3) is 5.91 Å². The van der Waals surface area contributed by atoms with E-state index < -0.39 is 0 Å². The van der Waals surface area contributed by atoms with Crippen molar-refractivity contribution < 1.29 is 9.59 Å². The van der Waals surface area contributed by atoms with Gasteiger partial charge in [-0.15, -0.1) is 0 Å². The fourth-order valence-corrected chi connectivity index (χ4v) is 2.73. The molecule has 9 heteroatoms. The molecule has 29 heavy (non-hydrogen) atoms. The Morgan fingerprint density at radius 2 is 1.79 bits per heavy atom. The maximum Gasteiger partial charge on any atom is 0.251 e. The van der Waals surface area contributed by atoms with Gasteiger partial charge in [0.05, 0.1) is 12.2 Å². The number of aryl methyl sites for hydroxylation is 2. The molecular weight excluding hydrogens is 370 g/mol. The van der Waals surface area contributed by atoms with Gasteiger partial charge < -0.3 is 16.0 Å². The summed E-state index contributed by atoms with van der Waals surface area (Å²) in [5.41, 5.74) is 2.42. The lowest BCUT2D eigenvalue weighted by atomic mass is 10.2. The van der Waals surface area contributed by atoms with Crippen LogP contribution in [0.1, 0.15) is 21.7 Å². The van der Waals surface area contributed by atoms with Crippen LogP contribution in [0.5, 0.6) is 0 Å². The molecule has 2 aromatic heterocycles. The number of amides is 2. The number of hydrogen-bond acceptors (Lipinski definition) is 6. The molecule has 0 spiro atoms. The van der Waals surface area contributed by atoms with Crippen LogP contribution in [0, 0.1) is 13.8 Å². The molecule has 2 heterocycles. The van der Waals surface area contributed by atoms with E-state index >= 15 is 0 Å². The van der Waals surface area contributed by atoms with Gasteiger partial charge in [-0.2, -0.15) is 5.10 Å². The Kier molecular flexibility index (Phi) is 6.51. The molecule has 9 nitrogen and oxygen atoms in total. The summed E-state index contributed by atoms with van der Waals surface area (Å²) in [7, 11) is 0. The lowest BCUT2D eigenvalue weighted by molar-refractivity contribution is -0.120. The van der Waals surface area contributed by atoms with Crippen molar-refractivity contribution in [1.82, 2.24) is 30.4 Å². The largest absolute Gasteiger partial charge is 0.368 e. The van der Waals surface area contributed by atoms with Crippen molar-refractivity contribution in [3.05, 3.63) is 65.7 Å². The van der Waals surface area contributed by atoms with E-state index in [1.807, 2.05) is 26.0 Å². The zero-order valence-electron chi connectivity index (χ0n) is 16.3. The highest BCUT2D eigenvalue weighted by molar-refractivity contribution is 5.96. The predicted molar refractivity (Wildman–Crippen MR) is 109 cm³/mol. The molecule has 1 aromatic carbocycles. The second-order valence-electron chi connectivity index (χ2n) is 6.43. The molecule has 3 rings (SSSR count). The van der Waals surface area contributed by atoms with Gasteiger partial charge in [0.2, 0.25) is 5.91 Å². The number of nitrogens with zero attached hydrogens (tertiary/aromatic N) is 4. The minimum atomic E-state index is -0.281. The number of carbonyl (C=O) groups excluding carboxylic acids is 2. The summed E-state index contributed by atoms with van der Waals surface area (Å²) in [5.74, 6) is 0.758. The molecule has 0 saturated heterocycles. The predicted octanol–water partition coefficient (Wildman–Crippen LogP) is 1.24. The van der Waals surface area contributed by atoms with Crippen LogP contribution in [0.4, 0.5) is 5.82 Å². The van der Waals surface area contributed by atoms with Gasteiger partial charge in [-0.25, -0.2) is 14.6 Å². The van der Waals surface area contributed by atoms with Gasteiger partial charge in [0, 0.05) is 30.4 Å². The highest BCUT2D eigenvalue weighted by Gasteiger charge is 2.08. The average molecular weight is 393 g/mol. The smallest absolute Gasteiger partial charge is 0.251 e. The summed E-state index contributed by atoms with van der Waals surface area (Å²) in [5, 5.41) is 12.9. The number of rotatable bonds is 8. The van der Waals surface area contributed by atoms with Gasteiger partial charge in [-0.1, -0.05) is 18.2 Å². The van der Waals surface area contributed by atoms with Crippen LogP contribution in [0.3, 0.4) is 0 Å². The third kappa shape index (κ3) is 5.61. The van der Waals surface area contributed by atoms with E-state index in [9.17, 15) is 9.59 Å². The zero-order valence-corrected chi connectivity index (χ0v) is 16.3.